The predicted molar refractivity (Wildman–Crippen MR) is 71.4 cm³/mol. The van der Waals surface area contributed by atoms with Crippen molar-refractivity contribution in [1.29, 1.82) is 0 Å². The van der Waals surface area contributed by atoms with Crippen LogP contribution in [0.4, 0.5) is 5.69 Å². The van der Waals surface area contributed by atoms with Crippen molar-refractivity contribution in [2.24, 2.45) is 0 Å². The molecule has 0 aromatic heterocycles. The van der Waals surface area contributed by atoms with E-state index in [0.29, 0.717) is 11.4 Å². The SMILES string of the molecule is CN(C)C1CS(=O)(=O)CC1Oc1ccccc1N. The number of likely N-dealkylation sites (N-methyl/N-ethyl adjacent to an activating group) is 1. The van der Waals surface area contributed by atoms with Crippen molar-refractivity contribution < 1.29 is 13.2 Å². The zero-order chi connectivity index (χ0) is 13.3. The minimum atomic E-state index is -3.03. The predicted octanol–water partition coefficient (Wildman–Crippen LogP) is 0.375. The van der Waals surface area contributed by atoms with Crippen LogP contribution >= 0.6 is 0 Å². The fourth-order valence-electron chi connectivity index (χ4n) is 2.14. The summed E-state index contributed by atoms with van der Waals surface area (Å²) in [5.41, 5.74) is 6.33. The Kier molecular flexibility index (Phi) is 3.49. The second kappa shape index (κ2) is 4.78. The zero-order valence-electron chi connectivity index (χ0n) is 10.5. The van der Waals surface area contributed by atoms with Gasteiger partial charge in [0, 0.05) is 0 Å². The maximum atomic E-state index is 11.7. The summed E-state index contributed by atoms with van der Waals surface area (Å²) in [5.74, 6) is 0.730. The van der Waals surface area contributed by atoms with Crippen LogP contribution in [0.15, 0.2) is 24.3 Å². The minimum absolute atomic E-state index is 0.0458. The van der Waals surface area contributed by atoms with Crippen LogP contribution in [0, 0.1) is 0 Å². The van der Waals surface area contributed by atoms with E-state index < -0.39 is 9.84 Å². The molecule has 0 saturated carbocycles. The Labute approximate surface area is 107 Å². The molecule has 1 fully saturated rings. The number of nitrogens with zero attached hydrogens (tertiary/aromatic N) is 1. The first kappa shape index (κ1) is 13.2. The number of anilines is 1. The second-order valence-electron chi connectivity index (χ2n) is 4.80. The van der Waals surface area contributed by atoms with Crippen LogP contribution in [0.3, 0.4) is 0 Å². The molecule has 1 aliphatic heterocycles. The quantitative estimate of drug-likeness (QED) is 0.804. The molecule has 2 N–H and O–H groups in total. The monoisotopic (exact) mass is 270 g/mol. The number of para-hydroxylation sites is 2. The lowest BCUT2D eigenvalue weighted by atomic mass is 10.2. The van der Waals surface area contributed by atoms with E-state index in [2.05, 4.69) is 0 Å². The average Bonchev–Trinajstić information content (AvgIpc) is 2.57. The van der Waals surface area contributed by atoms with Crippen LogP contribution in [0.1, 0.15) is 0 Å². The summed E-state index contributed by atoms with van der Waals surface area (Å²) in [6, 6.07) is 7.00. The van der Waals surface area contributed by atoms with Crippen molar-refractivity contribution in [3.8, 4) is 5.75 Å². The van der Waals surface area contributed by atoms with Crippen molar-refractivity contribution in [2.75, 3.05) is 31.3 Å². The molecule has 0 bridgehead atoms. The summed E-state index contributed by atoms with van der Waals surface area (Å²) in [7, 11) is 0.685. The Hall–Kier alpha value is -1.27. The first-order valence-electron chi connectivity index (χ1n) is 5.77. The fourth-order valence-corrected chi connectivity index (χ4v) is 4.10. The van der Waals surface area contributed by atoms with Gasteiger partial charge >= 0.3 is 0 Å². The summed E-state index contributed by atoms with van der Waals surface area (Å²) < 4.78 is 29.2. The Balaban J connectivity index is 2.20. The molecule has 1 aliphatic rings. The van der Waals surface area contributed by atoms with Gasteiger partial charge in [0.05, 0.1) is 23.2 Å². The Bertz CT molecular complexity index is 528. The van der Waals surface area contributed by atoms with E-state index in [4.69, 9.17) is 10.5 Å². The van der Waals surface area contributed by atoms with Crippen LogP contribution in [0.25, 0.3) is 0 Å². The van der Waals surface area contributed by atoms with Gasteiger partial charge in [-0.05, 0) is 26.2 Å². The molecule has 0 amide bonds. The standard InChI is InChI=1S/C12H18N2O3S/c1-14(2)10-7-18(15,16)8-12(10)17-11-6-4-3-5-9(11)13/h3-6,10,12H,7-8,13H2,1-2H3. The molecule has 2 rings (SSSR count). The van der Waals surface area contributed by atoms with Crippen molar-refractivity contribution in [3.05, 3.63) is 24.3 Å². The molecule has 1 aromatic carbocycles. The number of sulfone groups is 1. The molecule has 2 atom stereocenters. The molecular formula is C12H18N2O3S. The first-order valence-corrected chi connectivity index (χ1v) is 7.59. The van der Waals surface area contributed by atoms with Gasteiger partial charge in [0.15, 0.2) is 9.84 Å². The lowest BCUT2D eigenvalue weighted by Gasteiger charge is -2.25. The summed E-state index contributed by atoms with van der Waals surface area (Å²) in [5, 5.41) is 0. The number of hydrogen-bond donors (Lipinski definition) is 1. The molecule has 1 heterocycles. The van der Waals surface area contributed by atoms with Crippen LogP contribution in [-0.2, 0) is 9.84 Å². The molecule has 1 saturated heterocycles. The van der Waals surface area contributed by atoms with Gasteiger partial charge in [0.1, 0.15) is 11.9 Å². The van der Waals surface area contributed by atoms with Crippen LogP contribution in [-0.4, -0.2) is 51.1 Å². The summed E-state index contributed by atoms with van der Waals surface area (Å²) in [4.78, 5) is 1.88. The minimum Gasteiger partial charge on any atom is -0.486 e. The molecule has 2 unspecified atom stereocenters. The molecule has 0 spiro atoms. The molecule has 18 heavy (non-hydrogen) atoms. The summed E-state index contributed by atoms with van der Waals surface area (Å²) in [6.07, 6.45) is -0.366. The Morgan fingerprint density at radius 3 is 2.56 bits per heavy atom. The third-order valence-electron chi connectivity index (χ3n) is 3.13. The van der Waals surface area contributed by atoms with Crippen LogP contribution in [0.2, 0.25) is 0 Å². The van der Waals surface area contributed by atoms with Gasteiger partial charge in [-0.3, -0.25) is 0 Å². The van der Waals surface area contributed by atoms with Crippen molar-refractivity contribution in [2.45, 2.75) is 12.1 Å². The van der Waals surface area contributed by atoms with Gasteiger partial charge in [-0.15, -0.1) is 0 Å². The molecule has 5 nitrogen and oxygen atoms in total. The van der Waals surface area contributed by atoms with Gasteiger partial charge in [-0.25, -0.2) is 8.42 Å². The Morgan fingerprint density at radius 1 is 1.28 bits per heavy atom. The number of nitrogens with two attached hydrogens (primary N) is 1. The normalized spacial score (nSPS) is 26.4. The lowest BCUT2D eigenvalue weighted by molar-refractivity contribution is 0.136. The van der Waals surface area contributed by atoms with Gasteiger partial charge in [-0.2, -0.15) is 0 Å². The largest absolute Gasteiger partial charge is 0.486 e. The molecule has 1 aromatic rings. The first-order chi connectivity index (χ1) is 8.39. The van der Waals surface area contributed by atoms with Gasteiger partial charge < -0.3 is 15.4 Å². The summed E-state index contributed by atoms with van der Waals surface area (Å²) >= 11 is 0. The number of nitrogen functional groups attached to an aromatic ring is 1. The maximum absolute atomic E-state index is 11.7. The van der Waals surface area contributed by atoms with Crippen LogP contribution in [0.5, 0.6) is 5.75 Å². The third-order valence-corrected chi connectivity index (χ3v) is 4.82. The molecule has 0 radical (unpaired) electrons. The van der Waals surface area contributed by atoms with E-state index in [0.717, 1.165) is 0 Å². The van der Waals surface area contributed by atoms with E-state index in [1.807, 2.05) is 31.1 Å². The van der Waals surface area contributed by atoms with Crippen molar-refractivity contribution in [3.63, 3.8) is 0 Å². The van der Waals surface area contributed by atoms with Crippen molar-refractivity contribution in [1.82, 2.24) is 4.90 Å². The molecule has 100 valence electrons. The second-order valence-corrected chi connectivity index (χ2v) is 6.96. The number of ether oxygens (including phenoxy) is 1. The van der Waals surface area contributed by atoms with Crippen molar-refractivity contribution >= 4 is 15.5 Å². The summed E-state index contributed by atoms with van der Waals surface area (Å²) in [6.45, 7) is 0. The number of benzene rings is 1. The number of rotatable bonds is 3. The van der Waals surface area contributed by atoms with E-state index in [-0.39, 0.29) is 23.7 Å². The Morgan fingerprint density at radius 2 is 1.94 bits per heavy atom. The zero-order valence-corrected chi connectivity index (χ0v) is 11.4. The highest BCUT2D eigenvalue weighted by Gasteiger charge is 2.40. The molecule has 6 heteroatoms. The van der Waals surface area contributed by atoms with Gasteiger partial charge in [0.25, 0.3) is 0 Å². The van der Waals surface area contributed by atoms with Gasteiger partial charge in [0.2, 0.25) is 0 Å². The smallest absolute Gasteiger partial charge is 0.155 e. The maximum Gasteiger partial charge on any atom is 0.155 e. The van der Waals surface area contributed by atoms with Gasteiger partial charge in [-0.1, -0.05) is 12.1 Å². The third kappa shape index (κ3) is 2.76. The molecular weight excluding hydrogens is 252 g/mol. The highest BCUT2D eigenvalue weighted by atomic mass is 32.2. The highest BCUT2D eigenvalue weighted by molar-refractivity contribution is 7.91. The fraction of sp³-hybridized carbons (Fsp3) is 0.500. The average molecular weight is 270 g/mol. The van der Waals surface area contributed by atoms with E-state index >= 15 is 0 Å². The lowest BCUT2D eigenvalue weighted by Crippen LogP contribution is -2.41. The van der Waals surface area contributed by atoms with E-state index in [1.165, 1.54) is 0 Å². The highest BCUT2D eigenvalue weighted by Crippen LogP contribution is 2.26. The van der Waals surface area contributed by atoms with E-state index in [1.54, 1.807) is 12.1 Å². The molecule has 0 aliphatic carbocycles. The van der Waals surface area contributed by atoms with Crippen LogP contribution < -0.4 is 10.5 Å². The topological polar surface area (TPSA) is 72.6 Å². The number of hydrogen-bond acceptors (Lipinski definition) is 5. The van der Waals surface area contributed by atoms with E-state index in [9.17, 15) is 8.42 Å².